The summed E-state index contributed by atoms with van der Waals surface area (Å²) in [6.45, 7) is 4.51. The van der Waals surface area contributed by atoms with Crippen LogP contribution in [0.1, 0.15) is 52.7 Å². The zero-order valence-electron chi connectivity index (χ0n) is 16.6. The van der Waals surface area contributed by atoms with E-state index in [0.717, 1.165) is 18.7 Å². The second-order valence-electron chi connectivity index (χ2n) is 7.67. The molecule has 3 aromatic rings. The molecule has 1 amide bonds. The number of nitrogens with one attached hydrogen (secondary N) is 1. The molecule has 0 saturated carbocycles. The van der Waals surface area contributed by atoms with Gasteiger partial charge in [0.2, 0.25) is 0 Å². The van der Waals surface area contributed by atoms with Crippen LogP contribution in [0.15, 0.2) is 51.0 Å². The summed E-state index contributed by atoms with van der Waals surface area (Å²) in [6, 6.07) is 11.0. The molecule has 6 heteroatoms. The fraction of sp³-hybridized carbons (Fsp3) is 0.391. The fourth-order valence-electron chi connectivity index (χ4n) is 3.96. The molecule has 0 bridgehead atoms. The van der Waals surface area contributed by atoms with E-state index in [1.807, 2.05) is 13.0 Å². The van der Waals surface area contributed by atoms with Gasteiger partial charge in [-0.3, -0.25) is 14.5 Å². The SMILES string of the molecule is Cc1ccc2oc(C(=O)NC[C@H](c3cccs3)N3CCCCCC3)cc(=O)c2c1. The molecule has 0 radical (unpaired) electrons. The zero-order valence-corrected chi connectivity index (χ0v) is 17.5. The summed E-state index contributed by atoms with van der Waals surface area (Å²) in [4.78, 5) is 28.9. The quantitative estimate of drug-likeness (QED) is 0.672. The second-order valence-corrected chi connectivity index (χ2v) is 8.65. The van der Waals surface area contributed by atoms with Gasteiger partial charge in [0.25, 0.3) is 5.91 Å². The smallest absolute Gasteiger partial charge is 0.287 e. The summed E-state index contributed by atoms with van der Waals surface area (Å²) in [5.74, 6) is -0.284. The molecule has 1 aromatic carbocycles. The molecule has 1 saturated heterocycles. The maximum Gasteiger partial charge on any atom is 0.287 e. The van der Waals surface area contributed by atoms with Gasteiger partial charge >= 0.3 is 0 Å². The molecular weight excluding hydrogens is 384 g/mol. The number of hydrogen-bond acceptors (Lipinski definition) is 5. The molecule has 1 atom stereocenters. The van der Waals surface area contributed by atoms with Crippen molar-refractivity contribution in [2.75, 3.05) is 19.6 Å². The fourth-order valence-corrected chi connectivity index (χ4v) is 4.82. The van der Waals surface area contributed by atoms with Crippen molar-refractivity contribution in [2.24, 2.45) is 0 Å². The number of thiophene rings is 1. The van der Waals surface area contributed by atoms with Gasteiger partial charge in [-0.05, 0) is 56.4 Å². The van der Waals surface area contributed by atoms with E-state index in [-0.39, 0.29) is 23.1 Å². The number of benzene rings is 1. The van der Waals surface area contributed by atoms with E-state index >= 15 is 0 Å². The number of fused-ring (bicyclic) bond motifs is 1. The predicted molar refractivity (Wildman–Crippen MR) is 117 cm³/mol. The minimum atomic E-state index is -0.346. The van der Waals surface area contributed by atoms with Gasteiger partial charge in [-0.15, -0.1) is 11.3 Å². The second kappa shape index (κ2) is 8.93. The number of likely N-dealkylation sites (tertiary alicyclic amines) is 1. The average Bonchev–Trinajstić information content (AvgIpc) is 3.11. The van der Waals surface area contributed by atoms with Crippen LogP contribution in [-0.2, 0) is 0 Å². The zero-order chi connectivity index (χ0) is 20.2. The third-order valence-electron chi connectivity index (χ3n) is 5.52. The number of hydrogen-bond donors (Lipinski definition) is 1. The van der Waals surface area contributed by atoms with Crippen LogP contribution in [0.3, 0.4) is 0 Å². The molecule has 1 N–H and O–H groups in total. The summed E-state index contributed by atoms with van der Waals surface area (Å²) < 4.78 is 5.72. The lowest BCUT2D eigenvalue weighted by Crippen LogP contribution is -2.38. The molecule has 0 unspecified atom stereocenters. The lowest BCUT2D eigenvalue weighted by Gasteiger charge is -2.30. The minimum Gasteiger partial charge on any atom is -0.451 e. The Bertz CT molecular complexity index is 1030. The van der Waals surface area contributed by atoms with Crippen molar-refractivity contribution in [2.45, 2.75) is 38.6 Å². The van der Waals surface area contributed by atoms with E-state index in [2.05, 4.69) is 27.7 Å². The summed E-state index contributed by atoms with van der Waals surface area (Å²) in [5.41, 5.74) is 1.23. The van der Waals surface area contributed by atoms with Gasteiger partial charge in [-0.2, -0.15) is 0 Å². The van der Waals surface area contributed by atoms with E-state index in [4.69, 9.17) is 4.42 Å². The first-order valence-electron chi connectivity index (χ1n) is 10.2. The Labute approximate surface area is 174 Å². The van der Waals surface area contributed by atoms with Crippen molar-refractivity contribution in [3.63, 3.8) is 0 Å². The van der Waals surface area contributed by atoms with Gasteiger partial charge in [-0.1, -0.05) is 30.5 Å². The number of nitrogens with zero attached hydrogens (tertiary/aromatic N) is 1. The van der Waals surface area contributed by atoms with Gasteiger partial charge in [0, 0.05) is 17.5 Å². The van der Waals surface area contributed by atoms with E-state index in [1.54, 1.807) is 23.5 Å². The van der Waals surface area contributed by atoms with Crippen LogP contribution < -0.4 is 10.7 Å². The first kappa shape index (κ1) is 19.9. The Balaban J connectivity index is 1.52. The summed E-state index contributed by atoms with van der Waals surface area (Å²) >= 11 is 1.72. The van der Waals surface area contributed by atoms with E-state index in [0.29, 0.717) is 17.5 Å². The number of aryl methyl sites for hydroxylation is 1. The molecule has 29 heavy (non-hydrogen) atoms. The molecule has 4 rings (SSSR count). The van der Waals surface area contributed by atoms with Crippen LogP contribution >= 0.6 is 11.3 Å². The first-order chi connectivity index (χ1) is 14.1. The Morgan fingerprint density at radius 1 is 1.17 bits per heavy atom. The molecule has 1 aliphatic heterocycles. The van der Waals surface area contributed by atoms with Crippen molar-refractivity contribution < 1.29 is 9.21 Å². The molecule has 5 nitrogen and oxygen atoms in total. The maximum absolute atomic E-state index is 12.8. The number of amides is 1. The predicted octanol–water partition coefficient (Wildman–Crippen LogP) is 4.51. The standard InChI is InChI=1S/C23H26N2O3S/c1-16-8-9-20-17(13-16)19(26)14-21(28-20)23(27)24-15-18(22-7-6-12-29-22)25-10-4-2-3-5-11-25/h6-9,12-14,18H,2-5,10-11,15H2,1H3,(H,24,27)/t18-/m1/s1. The Kier molecular flexibility index (Phi) is 6.11. The topological polar surface area (TPSA) is 62.6 Å². The van der Waals surface area contributed by atoms with Gasteiger partial charge in [-0.25, -0.2) is 0 Å². The van der Waals surface area contributed by atoms with Crippen molar-refractivity contribution in [3.05, 3.63) is 68.2 Å². The monoisotopic (exact) mass is 410 g/mol. The molecule has 152 valence electrons. The Morgan fingerprint density at radius 2 is 1.97 bits per heavy atom. The Morgan fingerprint density at radius 3 is 2.69 bits per heavy atom. The van der Waals surface area contributed by atoms with Gasteiger partial charge < -0.3 is 9.73 Å². The summed E-state index contributed by atoms with van der Waals surface area (Å²) in [6.07, 6.45) is 4.91. The lowest BCUT2D eigenvalue weighted by molar-refractivity contribution is 0.0907. The van der Waals surface area contributed by atoms with Crippen LogP contribution in [0.25, 0.3) is 11.0 Å². The van der Waals surface area contributed by atoms with Crippen LogP contribution in [0.4, 0.5) is 0 Å². The average molecular weight is 411 g/mol. The highest BCUT2D eigenvalue weighted by atomic mass is 32.1. The molecule has 1 aliphatic rings. The molecule has 0 spiro atoms. The largest absolute Gasteiger partial charge is 0.451 e. The highest BCUT2D eigenvalue weighted by Gasteiger charge is 2.24. The van der Waals surface area contributed by atoms with E-state index in [9.17, 15) is 9.59 Å². The molecule has 1 fully saturated rings. The number of carbonyl (C=O) groups is 1. The van der Waals surface area contributed by atoms with E-state index < -0.39 is 0 Å². The third kappa shape index (κ3) is 4.60. The number of rotatable bonds is 5. The van der Waals surface area contributed by atoms with Crippen molar-refractivity contribution in [1.82, 2.24) is 10.2 Å². The lowest BCUT2D eigenvalue weighted by atomic mass is 10.1. The van der Waals surface area contributed by atoms with Crippen LogP contribution in [0.2, 0.25) is 0 Å². The van der Waals surface area contributed by atoms with Gasteiger partial charge in [0.15, 0.2) is 11.2 Å². The van der Waals surface area contributed by atoms with Gasteiger partial charge in [0.05, 0.1) is 11.4 Å². The van der Waals surface area contributed by atoms with Crippen molar-refractivity contribution >= 4 is 28.2 Å². The third-order valence-corrected chi connectivity index (χ3v) is 6.49. The normalized spacial score (nSPS) is 16.4. The van der Waals surface area contributed by atoms with E-state index in [1.165, 1.54) is 36.6 Å². The summed E-state index contributed by atoms with van der Waals surface area (Å²) in [5, 5.41) is 5.58. The number of carbonyl (C=O) groups excluding carboxylic acids is 1. The molecular formula is C23H26N2O3S. The Hall–Kier alpha value is -2.44. The molecule has 0 aliphatic carbocycles. The highest BCUT2D eigenvalue weighted by molar-refractivity contribution is 7.10. The van der Waals surface area contributed by atoms with Crippen molar-refractivity contribution in [1.29, 1.82) is 0 Å². The summed E-state index contributed by atoms with van der Waals surface area (Å²) in [7, 11) is 0. The first-order valence-corrected chi connectivity index (χ1v) is 11.1. The van der Waals surface area contributed by atoms with Crippen molar-refractivity contribution in [3.8, 4) is 0 Å². The highest BCUT2D eigenvalue weighted by Crippen LogP contribution is 2.27. The van der Waals surface area contributed by atoms with Crippen LogP contribution in [0, 0.1) is 6.92 Å². The minimum absolute atomic E-state index is 0.0622. The molecule has 2 aromatic heterocycles. The molecule has 3 heterocycles. The van der Waals surface area contributed by atoms with Gasteiger partial charge in [0.1, 0.15) is 5.58 Å². The maximum atomic E-state index is 12.8. The van der Waals surface area contributed by atoms with Crippen LogP contribution in [-0.4, -0.2) is 30.4 Å². The van der Waals surface area contributed by atoms with Crippen LogP contribution in [0.5, 0.6) is 0 Å².